The summed E-state index contributed by atoms with van der Waals surface area (Å²) in [6.45, 7) is 8.68. The summed E-state index contributed by atoms with van der Waals surface area (Å²) in [6.07, 6.45) is 1.43. The Morgan fingerprint density at radius 2 is 1.82 bits per heavy atom. The average molecular weight is 267 g/mol. The number of likely N-dealkylation sites (tertiary alicyclic amines) is 1. The Labute approximate surface area is 83.7 Å². The van der Waals surface area contributed by atoms with Crippen LogP contribution in [0.5, 0.6) is 0 Å². The van der Waals surface area contributed by atoms with Crippen molar-refractivity contribution in [2.75, 3.05) is 24.1 Å². The molecule has 11 heavy (non-hydrogen) atoms. The van der Waals surface area contributed by atoms with Gasteiger partial charge in [0.05, 0.1) is 0 Å². The molecule has 0 saturated carbocycles. The van der Waals surface area contributed by atoms with Gasteiger partial charge in [0.2, 0.25) is 0 Å². The fraction of sp³-hybridized carbons (Fsp3) is 1.00. The molecule has 0 aromatic carbocycles. The molecule has 1 fully saturated rings. The molecule has 1 rings (SSSR count). The van der Waals surface area contributed by atoms with Gasteiger partial charge in [0, 0.05) is 24.1 Å². The molecule has 1 aliphatic heterocycles. The zero-order valence-electron chi connectivity index (χ0n) is 7.52. The van der Waals surface area contributed by atoms with Gasteiger partial charge >= 0.3 is 0 Å². The van der Waals surface area contributed by atoms with Gasteiger partial charge in [-0.3, -0.25) is 0 Å². The van der Waals surface area contributed by atoms with E-state index in [0.29, 0.717) is 0 Å². The van der Waals surface area contributed by atoms with E-state index in [9.17, 15) is 0 Å². The molecule has 0 radical (unpaired) electrons. The minimum Gasteiger partial charge on any atom is -0.302 e. The first-order valence-corrected chi connectivity index (χ1v) is 6.03. The summed E-state index contributed by atoms with van der Waals surface area (Å²) in [5, 5.41) is 0. The molecule has 2 heteroatoms. The van der Waals surface area contributed by atoms with E-state index in [-0.39, 0.29) is 0 Å². The van der Waals surface area contributed by atoms with Crippen LogP contribution in [0, 0.1) is 11.8 Å². The molecule has 0 aliphatic carbocycles. The van der Waals surface area contributed by atoms with Crippen LogP contribution in [0.15, 0.2) is 0 Å². The van der Waals surface area contributed by atoms with Crippen LogP contribution < -0.4 is 0 Å². The molecule has 2 atom stereocenters. The largest absolute Gasteiger partial charge is 0.302 e. The Bertz CT molecular complexity index is 106. The predicted octanol–water partition coefficient (Wildman–Crippen LogP) is 2.40. The number of halogens is 1. The summed E-state index contributed by atoms with van der Waals surface area (Å²) in [6, 6.07) is 0. The van der Waals surface area contributed by atoms with Crippen molar-refractivity contribution in [3.05, 3.63) is 0 Å². The lowest BCUT2D eigenvalue weighted by molar-refractivity contribution is 0.150. The summed E-state index contributed by atoms with van der Waals surface area (Å²) in [4.78, 5) is 2.60. The minimum atomic E-state index is 0.918. The molecule has 0 spiro atoms. The smallest absolute Gasteiger partial charge is 0.0123 e. The highest BCUT2D eigenvalue weighted by Gasteiger charge is 2.20. The second-order valence-electron chi connectivity index (χ2n) is 3.89. The topological polar surface area (TPSA) is 3.24 Å². The van der Waals surface area contributed by atoms with Crippen LogP contribution in [-0.4, -0.2) is 29.0 Å². The lowest BCUT2D eigenvalue weighted by atomic mass is 9.92. The highest BCUT2D eigenvalue weighted by atomic mass is 127. The van der Waals surface area contributed by atoms with Gasteiger partial charge in [-0.05, 0) is 18.3 Å². The van der Waals surface area contributed by atoms with Gasteiger partial charge in [0.15, 0.2) is 0 Å². The first kappa shape index (κ1) is 9.78. The second kappa shape index (κ2) is 4.65. The molecule has 0 aromatic rings. The van der Waals surface area contributed by atoms with Crippen molar-refractivity contribution < 1.29 is 0 Å². The number of alkyl halides is 1. The van der Waals surface area contributed by atoms with Crippen LogP contribution >= 0.6 is 22.6 Å². The van der Waals surface area contributed by atoms with Crippen molar-refractivity contribution in [1.29, 1.82) is 0 Å². The van der Waals surface area contributed by atoms with E-state index in [1.165, 1.54) is 30.5 Å². The molecular formula is C9H18IN. The van der Waals surface area contributed by atoms with E-state index in [0.717, 1.165) is 11.8 Å². The van der Waals surface area contributed by atoms with E-state index in [1.807, 2.05) is 0 Å². The summed E-state index contributed by atoms with van der Waals surface area (Å²) in [5.74, 6) is 1.84. The van der Waals surface area contributed by atoms with Crippen molar-refractivity contribution in [2.24, 2.45) is 11.8 Å². The Morgan fingerprint density at radius 3 is 2.27 bits per heavy atom. The Hall–Kier alpha value is 0.690. The Kier molecular flexibility index (Phi) is 4.13. The SMILES string of the molecule is CC1CC(C)CN(CCI)C1. The molecular weight excluding hydrogens is 249 g/mol. The van der Waals surface area contributed by atoms with Crippen LogP contribution in [0.25, 0.3) is 0 Å². The molecule has 1 heterocycles. The highest BCUT2D eigenvalue weighted by molar-refractivity contribution is 14.1. The maximum absolute atomic E-state index is 2.60. The molecule has 0 aromatic heterocycles. The lowest BCUT2D eigenvalue weighted by Crippen LogP contribution is -2.39. The molecule has 0 N–H and O–H groups in total. The molecule has 2 unspecified atom stereocenters. The van der Waals surface area contributed by atoms with Gasteiger partial charge in [-0.2, -0.15) is 0 Å². The third kappa shape index (κ3) is 3.28. The van der Waals surface area contributed by atoms with E-state index in [4.69, 9.17) is 0 Å². The van der Waals surface area contributed by atoms with Crippen molar-refractivity contribution in [1.82, 2.24) is 4.90 Å². The zero-order valence-corrected chi connectivity index (χ0v) is 9.67. The van der Waals surface area contributed by atoms with Crippen LogP contribution in [-0.2, 0) is 0 Å². The maximum atomic E-state index is 2.60. The van der Waals surface area contributed by atoms with E-state index < -0.39 is 0 Å². The quantitative estimate of drug-likeness (QED) is 0.548. The van der Waals surface area contributed by atoms with Crippen LogP contribution in [0.3, 0.4) is 0 Å². The van der Waals surface area contributed by atoms with Gasteiger partial charge in [-0.1, -0.05) is 36.4 Å². The molecule has 1 aliphatic rings. The molecule has 1 saturated heterocycles. The second-order valence-corrected chi connectivity index (χ2v) is 4.97. The first-order valence-electron chi connectivity index (χ1n) is 4.50. The summed E-state index contributed by atoms with van der Waals surface area (Å²) in [7, 11) is 0. The van der Waals surface area contributed by atoms with Crippen molar-refractivity contribution in [2.45, 2.75) is 20.3 Å². The van der Waals surface area contributed by atoms with Gasteiger partial charge < -0.3 is 4.90 Å². The number of nitrogens with zero attached hydrogens (tertiary/aromatic N) is 1. The molecule has 0 bridgehead atoms. The third-order valence-electron chi connectivity index (χ3n) is 2.35. The van der Waals surface area contributed by atoms with Gasteiger partial charge in [-0.25, -0.2) is 0 Å². The monoisotopic (exact) mass is 267 g/mol. The fourth-order valence-corrected chi connectivity index (χ4v) is 2.78. The van der Waals surface area contributed by atoms with Crippen LogP contribution in [0.2, 0.25) is 0 Å². The van der Waals surface area contributed by atoms with Crippen molar-refractivity contribution >= 4 is 22.6 Å². The Morgan fingerprint density at radius 1 is 1.27 bits per heavy atom. The van der Waals surface area contributed by atoms with E-state index in [2.05, 4.69) is 41.3 Å². The average Bonchev–Trinajstić information content (AvgIpc) is 1.85. The number of rotatable bonds is 2. The van der Waals surface area contributed by atoms with Crippen molar-refractivity contribution in [3.63, 3.8) is 0 Å². The van der Waals surface area contributed by atoms with Crippen LogP contribution in [0.1, 0.15) is 20.3 Å². The molecule has 0 amide bonds. The lowest BCUT2D eigenvalue weighted by Gasteiger charge is -2.34. The molecule has 1 nitrogen and oxygen atoms in total. The van der Waals surface area contributed by atoms with E-state index in [1.54, 1.807) is 0 Å². The fourth-order valence-electron chi connectivity index (χ4n) is 2.09. The number of hydrogen-bond acceptors (Lipinski definition) is 1. The summed E-state index contributed by atoms with van der Waals surface area (Å²) >= 11 is 2.46. The summed E-state index contributed by atoms with van der Waals surface area (Å²) < 4.78 is 1.27. The standard InChI is InChI=1S/C9H18IN/c1-8-5-9(2)7-11(6-8)4-3-10/h8-9H,3-7H2,1-2H3. The van der Waals surface area contributed by atoms with Crippen LogP contribution in [0.4, 0.5) is 0 Å². The van der Waals surface area contributed by atoms with E-state index >= 15 is 0 Å². The third-order valence-corrected chi connectivity index (χ3v) is 2.83. The Balaban J connectivity index is 2.30. The predicted molar refractivity (Wildman–Crippen MR) is 58.3 cm³/mol. The highest BCUT2D eigenvalue weighted by Crippen LogP contribution is 2.20. The number of hydrogen-bond donors (Lipinski definition) is 0. The normalized spacial score (nSPS) is 34.1. The first-order chi connectivity index (χ1) is 5.22. The van der Waals surface area contributed by atoms with Gasteiger partial charge in [-0.15, -0.1) is 0 Å². The minimum absolute atomic E-state index is 0.918. The maximum Gasteiger partial charge on any atom is 0.0123 e. The zero-order chi connectivity index (χ0) is 8.27. The molecule has 66 valence electrons. The van der Waals surface area contributed by atoms with Gasteiger partial charge in [0.1, 0.15) is 0 Å². The number of piperidine rings is 1. The van der Waals surface area contributed by atoms with Gasteiger partial charge in [0.25, 0.3) is 0 Å². The van der Waals surface area contributed by atoms with Crippen molar-refractivity contribution in [3.8, 4) is 0 Å². The summed E-state index contributed by atoms with van der Waals surface area (Å²) in [5.41, 5.74) is 0.